The number of anilines is 2. The van der Waals surface area contributed by atoms with Crippen LogP contribution in [0.4, 0.5) is 11.6 Å². The Morgan fingerprint density at radius 1 is 1.11 bits per heavy atom. The lowest BCUT2D eigenvalue weighted by Crippen LogP contribution is -2.13. The number of nitrogens with one attached hydrogen (secondary N) is 2. The van der Waals surface area contributed by atoms with E-state index < -0.39 is 10.0 Å². The summed E-state index contributed by atoms with van der Waals surface area (Å²) in [5.41, 5.74) is 0.473. The molecule has 0 spiro atoms. The first-order valence-corrected chi connectivity index (χ1v) is 7.57. The first-order valence-electron chi connectivity index (χ1n) is 5.29. The molecule has 0 aliphatic rings. The van der Waals surface area contributed by atoms with Crippen molar-refractivity contribution in [1.29, 1.82) is 0 Å². The molecule has 0 amide bonds. The number of nitrogens with zero attached hydrogens (tertiary/aromatic N) is 2. The van der Waals surface area contributed by atoms with Crippen molar-refractivity contribution < 1.29 is 8.42 Å². The van der Waals surface area contributed by atoms with Crippen LogP contribution in [0.3, 0.4) is 0 Å². The van der Waals surface area contributed by atoms with E-state index in [1.165, 1.54) is 12.4 Å². The summed E-state index contributed by atoms with van der Waals surface area (Å²) in [4.78, 5) is 7.75. The average molecular weight is 343 g/mol. The Morgan fingerprint density at radius 2 is 1.68 bits per heavy atom. The Morgan fingerprint density at radius 3 is 2.21 bits per heavy atom. The van der Waals surface area contributed by atoms with Crippen LogP contribution in [0.5, 0.6) is 0 Å². The van der Waals surface area contributed by atoms with E-state index in [0.717, 1.165) is 4.47 Å². The summed E-state index contributed by atoms with van der Waals surface area (Å²) in [6.45, 7) is 0. The van der Waals surface area contributed by atoms with Crippen LogP contribution in [0, 0.1) is 0 Å². The van der Waals surface area contributed by atoms with E-state index in [1.807, 2.05) is 0 Å². The van der Waals surface area contributed by atoms with Crippen LogP contribution in [-0.2, 0) is 10.0 Å². The number of halogens is 1. The molecule has 100 valence electrons. The van der Waals surface area contributed by atoms with E-state index in [1.54, 1.807) is 31.3 Å². The quantitative estimate of drug-likeness (QED) is 0.888. The average Bonchev–Trinajstić information content (AvgIpc) is 2.41. The molecule has 0 saturated carbocycles. The second-order valence-corrected chi connectivity index (χ2v) is 6.20. The lowest BCUT2D eigenvalue weighted by Gasteiger charge is -2.07. The number of rotatable bonds is 4. The topological polar surface area (TPSA) is 84.0 Å². The maximum atomic E-state index is 12.1. The van der Waals surface area contributed by atoms with Crippen LogP contribution in [0.25, 0.3) is 0 Å². The van der Waals surface area contributed by atoms with Crippen molar-refractivity contribution in [2.75, 3.05) is 17.1 Å². The summed E-state index contributed by atoms with van der Waals surface area (Å²) >= 11 is 3.28. The van der Waals surface area contributed by atoms with E-state index in [-0.39, 0.29) is 4.90 Å². The van der Waals surface area contributed by atoms with Crippen molar-refractivity contribution >= 4 is 37.6 Å². The highest BCUT2D eigenvalue weighted by Crippen LogP contribution is 2.18. The zero-order valence-electron chi connectivity index (χ0n) is 9.96. The van der Waals surface area contributed by atoms with Crippen molar-refractivity contribution in [3.8, 4) is 0 Å². The Labute approximate surface area is 119 Å². The van der Waals surface area contributed by atoms with Gasteiger partial charge in [-0.05, 0) is 24.3 Å². The molecule has 1 heterocycles. The van der Waals surface area contributed by atoms with Gasteiger partial charge in [-0.15, -0.1) is 0 Å². The minimum Gasteiger partial charge on any atom is -0.357 e. The van der Waals surface area contributed by atoms with E-state index >= 15 is 0 Å². The molecule has 19 heavy (non-hydrogen) atoms. The molecule has 0 aliphatic heterocycles. The van der Waals surface area contributed by atoms with Crippen LogP contribution < -0.4 is 10.0 Å². The lowest BCUT2D eigenvalue weighted by atomic mass is 10.3. The van der Waals surface area contributed by atoms with E-state index in [9.17, 15) is 8.42 Å². The smallest absolute Gasteiger partial charge is 0.264 e. The second kappa shape index (κ2) is 5.54. The maximum absolute atomic E-state index is 12.1. The summed E-state index contributed by atoms with van der Waals surface area (Å²) in [6, 6.07) is 6.81. The number of hydrogen-bond donors (Lipinski definition) is 2. The zero-order valence-corrected chi connectivity index (χ0v) is 12.4. The van der Waals surface area contributed by atoms with Crippen molar-refractivity contribution in [3.05, 3.63) is 41.1 Å². The predicted octanol–water partition coefficient (Wildman–Crippen LogP) is 2.08. The largest absolute Gasteiger partial charge is 0.357 e. The number of benzene rings is 1. The molecule has 8 heteroatoms. The molecule has 2 aromatic rings. The molecular weight excluding hydrogens is 332 g/mol. The normalized spacial score (nSPS) is 11.1. The number of aromatic nitrogens is 2. The van der Waals surface area contributed by atoms with Crippen LogP contribution >= 0.6 is 15.9 Å². The Bertz CT molecular complexity index is 656. The van der Waals surface area contributed by atoms with Gasteiger partial charge in [0.25, 0.3) is 10.0 Å². The highest BCUT2D eigenvalue weighted by atomic mass is 79.9. The van der Waals surface area contributed by atoms with Gasteiger partial charge >= 0.3 is 0 Å². The number of hydrogen-bond acceptors (Lipinski definition) is 5. The SMILES string of the molecule is CNc1ncc(S(=O)(=O)Nc2ccc(Br)cc2)cn1. The molecule has 0 unspecified atom stereocenters. The van der Waals surface area contributed by atoms with Crippen LogP contribution in [-0.4, -0.2) is 25.4 Å². The van der Waals surface area contributed by atoms with Gasteiger partial charge in [0.2, 0.25) is 5.95 Å². The fraction of sp³-hybridized carbons (Fsp3) is 0.0909. The maximum Gasteiger partial charge on any atom is 0.264 e. The van der Waals surface area contributed by atoms with Gasteiger partial charge in [-0.2, -0.15) is 0 Å². The van der Waals surface area contributed by atoms with E-state index in [2.05, 4.69) is 35.9 Å². The van der Waals surface area contributed by atoms with Crippen LogP contribution in [0.2, 0.25) is 0 Å². The molecule has 1 aromatic carbocycles. The molecule has 0 bridgehead atoms. The van der Waals surface area contributed by atoms with Gasteiger partial charge in [0.1, 0.15) is 4.90 Å². The van der Waals surface area contributed by atoms with Gasteiger partial charge in [-0.1, -0.05) is 15.9 Å². The third kappa shape index (κ3) is 3.42. The van der Waals surface area contributed by atoms with Gasteiger partial charge in [-0.25, -0.2) is 18.4 Å². The van der Waals surface area contributed by atoms with Crippen molar-refractivity contribution in [1.82, 2.24) is 9.97 Å². The standard InChI is InChI=1S/C11H11BrN4O2S/c1-13-11-14-6-10(7-15-11)19(17,18)16-9-4-2-8(12)3-5-9/h2-7,16H,1H3,(H,13,14,15). The van der Waals surface area contributed by atoms with Gasteiger partial charge in [0.15, 0.2) is 0 Å². The van der Waals surface area contributed by atoms with Crippen molar-refractivity contribution in [2.45, 2.75) is 4.90 Å². The minimum atomic E-state index is -3.67. The lowest BCUT2D eigenvalue weighted by molar-refractivity contribution is 0.600. The molecule has 6 nitrogen and oxygen atoms in total. The summed E-state index contributed by atoms with van der Waals surface area (Å²) in [6.07, 6.45) is 2.50. The van der Waals surface area contributed by atoms with Crippen LogP contribution in [0.15, 0.2) is 46.0 Å². The number of sulfonamides is 1. The van der Waals surface area contributed by atoms with Gasteiger partial charge in [0, 0.05) is 17.2 Å². The first-order chi connectivity index (χ1) is 9.01. The Balaban J connectivity index is 2.24. The molecule has 0 radical (unpaired) electrons. The molecule has 0 aliphatic carbocycles. The summed E-state index contributed by atoms with van der Waals surface area (Å²) < 4.78 is 27.4. The molecule has 0 fully saturated rings. The fourth-order valence-electron chi connectivity index (χ4n) is 1.32. The molecule has 1 aromatic heterocycles. The minimum absolute atomic E-state index is 0.00872. The first kappa shape index (κ1) is 13.8. The van der Waals surface area contributed by atoms with Crippen molar-refractivity contribution in [3.63, 3.8) is 0 Å². The highest BCUT2D eigenvalue weighted by molar-refractivity contribution is 9.10. The van der Waals surface area contributed by atoms with Gasteiger partial charge in [-0.3, -0.25) is 4.72 Å². The second-order valence-electron chi connectivity index (χ2n) is 3.60. The van der Waals surface area contributed by atoms with Crippen LogP contribution in [0.1, 0.15) is 0 Å². The summed E-state index contributed by atoms with van der Waals surface area (Å²) in [5, 5.41) is 2.72. The monoisotopic (exact) mass is 342 g/mol. The third-order valence-corrected chi connectivity index (χ3v) is 4.12. The summed E-state index contributed by atoms with van der Waals surface area (Å²) in [5.74, 6) is 0.364. The van der Waals surface area contributed by atoms with Gasteiger partial charge < -0.3 is 5.32 Å². The highest BCUT2D eigenvalue weighted by Gasteiger charge is 2.15. The molecule has 0 atom stereocenters. The molecular formula is C11H11BrN4O2S. The summed E-state index contributed by atoms with van der Waals surface area (Å²) in [7, 11) is -2.01. The van der Waals surface area contributed by atoms with Crippen molar-refractivity contribution in [2.24, 2.45) is 0 Å². The van der Waals surface area contributed by atoms with E-state index in [0.29, 0.717) is 11.6 Å². The fourth-order valence-corrected chi connectivity index (χ4v) is 2.53. The Hall–Kier alpha value is -1.67. The zero-order chi connectivity index (χ0) is 13.9. The molecule has 2 rings (SSSR count). The molecule has 0 saturated heterocycles. The molecule has 2 N–H and O–H groups in total. The Kier molecular flexibility index (Phi) is 4.01. The third-order valence-electron chi connectivity index (χ3n) is 2.26. The van der Waals surface area contributed by atoms with E-state index in [4.69, 9.17) is 0 Å². The predicted molar refractivity (Wildman–Crippen MR) is 76.5 cm³/mol. The van der Waals surface area contributed by atoms with Gasteiger partial charge in [0.05, 0.1) is 12.4 Å².